The van der Waals surface area contributed by atoms with E-state index in [1.807, 2.05) is 4.57 Å². The van der Waals surface area contributed by atoms with Crippen molar-refractivity contribution in [3.8, 4) is 11.4 Å². The van der Waals surface area contributed by atoms with E-state index in [4.69, 9.17) is 0 Å². The lowest BCUT2D eigenvalue weighted by Crippen LogP contribution is -2.30. The lowest BCUT2D eigenvalue weighted by Gasteiger charge is -2.15. The van der Waals surface area contributed by atoms with Crippen molar-refractivity contribution in [1.82, 2.24) is 20.1 Å². The zero-order chi connectivity index (χ0) is 19.9. The summed E-state index contributed by atoms with van der Waals surface area (Å²) < 4.78 is 16.2. The average molecular weight is 405 g/mol. The Balaban J connectivity index is 1.61. The third-order valence-electron chi connectivity index (χ3n) is 5.15. The van der Waals surface area contributed by atoms with Gasteiger partial charge in [0.05, 0.1) is 11.3 Å². The predicted octanol–water partition coefficient (Wildman–Crippen LogP) is 4.84. The van der Waals surface area contributed by atoms with E-state index in [9.17, 15) is 9.18 Å². The number of carbonyl (C=O) groups is 1. The second-order valence-corrected chi connectivity index (χ2v) is 8.34. The molecule has 5 nitrogen and oxygen atoms in total. The molecule has 0 saturated heterocycles. The second-order valence-electron chi connectivity index (χ2n) is 7.40. The number of benzene rings is 1. The summed E-state index contributed by atoms with van der Waals surface area (Å²) in [5.74, 6) is 1.10. The van der Waals surface area contributed by atoms with Gasteiger partial charge >= 0.3 is 0 Å². The topological polar surface area (TPSA) is 59.8 Å². The van der Waals surface area contributed by atoms with Crippen molar-refractivity contribution < 1.29 is 9.18 Å². The summed E-state index contributed by atoms with van der Waals surface area (Å²) in [6.45, 7) is 5.09. The van der Waals surface area contributed by atoms with Gasteiger partial charge in [0, 0.05) is 12.6 Å². The normalized spacial score (nSPS) is 14.8. The van der Waals surface area contributed by atoms with Gasteiger partial charge in [-0.15, -0.1) is 10.2 Å². The molecular formula is C21H29FN4OS. The first-order valence-electron chi connectivity index (χ1n) is 10.2. The number of unbranched alkanes of at least 4 members (excludes halogenated alkanes) is 1. The highest BCUT2D eigenvalue weighted by molar-refractivity contribution is 7.99. The first-order chi connectivity index (χ1) is 13.6. The van der Waals surface area contributed by atoms with E-state index in [0.717, 1.165) is 32.2 Å². The monoisotopic (exact) mass is 404 g/mol. The number of nitrogens with one attached hydrogen (secondary N) is 1. The summed E-state index contributed by atoms with van der Waals surface area (Å²) in [5, 5.41) is 12.2. The van der Waals surface area contributed by atoms with Crippen LogP contribution in [0.15, 0.2) is 29.4 Å². The van der Waals surface area contributed by atoms with E-state index in [2.05, 4.69) is 29.4 Å². The predicted molar refractivity (Wildman–Crippen MR) is 111 cm³/mol. The molecular weight excluding hydrogens is 375 g/mol. The number of aromatic nitrogens is 3. The zero-order valence-corrected chi connectivity index (χ0v) is 17.5. The summed E-state index contributed by atoms with van der Waals surface area (Å²) in [4.78, 5) is 12.3. The maximum absolute atomic E-state index is 14.2. The van der Waals surface area contributed by atoms with Crippen molar-refractivity contribution >= 4 is 17.7 Å². The fourth-order valence-electron chi connectivity index (χ4n) is 3.25. The van der Waals surface area contributed by atoms with Crippen LogP contribution in [-0.2, 0) is 4.79 Å². The van der Waals surface area contributed by atoms with Crippen LogP contribution in [0, 0.1) is 11.7 Å². The minimum absolute atomic E-state index is 0.0118. The van der Waals surface area contributed by atoms with Crippen molar-refractivity contribution in [3.63, 3.8) is 0 Å². The van der Waals surface area contributed by atoms with Gasteiger partial charge in [-0.2, -0.15) is 0 Å². The molecule has 3 rings (SSSR count). The van der Waals surface area contributed by atoms with E-state index >= 15 is 0 Å². The standard InChI is InChI=1S/C21H29FN4OS/c1-3-5-8-15(4-2)13-23-19(27)14-28-21-25-24-20(26(21)16-11-12-16)17-9-6-7-10-18(17)22/h6-7,9-10,15-16H,3-5,8,11-14H2,1-2H3,(H,23,27)/t15-/m0/s1. The highest BCUT2D eigenvalue weighted by Crippen LogP contribution is 2.41. The molecule has 7 heteroatoms. The first kappa shape index (κ1) is 20.8. The Morgan fingerprint density at radius 1 is 1.32 bits per heavy atom. The van der Waals surface area contributed by atoms with Gasteiger partial charge in [-0.25, -0.2) is 4.39 Å². The number of thioether (sulfide) groups is 1. The molecule has 1 aromatic heterocycles. The summed E-state index contributed by atoms with van der Waals surface area (Å²) in [5.41, 5.74) is 0.458. The smallest absolute Gasteiger partial charge is 0.230 e. The Kier molecular flexibility index (Phi) is 7.48. The number of hydrogen-bond acceptors (Lipinski definition) is 4. The van der Waals surface area contributed by atoms with Crippen molar-refractivity contribution in [2.75, 3.05) is 12.3 Å². The lowest BCUT2D eigenvalue weighted by molar-refractivity contribution is -0.118. The maximum atomic E-state index is 14.2. The highest BCUT2D eigenvalue weighted by Gasteiger charge is 2.31. The van der Waals surface area contributed by atoms with Crippen LogP contribution in [0.1, 0.15) is 58.4 Å². The molecule has 1 aliphatic rings. The van der Waals surface area contributed by atoms with Gasteiger partial charge in [-0.05, 0) is 37.3 Å². The third-order valence-corrected chi connectivity index (χ3v) is 6.10. The molecule has 1 aliphatic carbocycles. The molecule has 1 aromatic carbocycles. The van der Waals surface area contributed by atoms with E-state index < -0.39 is 0 Å². The largest absolute Gasteiger partial charge is 0.355 e. The van der Waals surface area contributed by atoms with Crippen LogP contribution >= 0.6 is 11.8 Å². The van der Waals surface area contributed by atoms with Gasteiger partial charge in [0.25, 0.3) is 0 Å². The van der Waals surface area contributed by atoms with Crippen LogP contribution in [0.3, 0.4) is 0 Å². The lowest BCUT2D eigenvalue weighted by atomic mass is 9.99. The van der Waals surface area contributed by atoms with Gasteiger partial charge in [0.15, 0.2) is 11.0 Å². The van der Waals surface area contributed by atoms with Crippen molar-refractivity contribution in [3.05, 3.63) is 30.1 Å². The van der Waals surface area contributed by atoms with Gasteiger partial charge in [0.1, 0.15) is 5.82 Å². The summed E-state index contributed by atoms with van der Waals surface area (Å²) in [6, 6.07) is 6.92. The third kappa shape index (κ3) is 5.34. The Morgan fingerprint density at radius 2 is 2.11 bits per heavy atom. The molecule has 1 amide bonds. The van der Waals surface area contributed by atoms with Crippen LogP contribution in [0.4, 0.5) is 4.39 Å². The van der Waals surface area contributed by atoms with Gasteiger partial charge < -0.3 is 5.32 Å². The molecule has 152 valence electrons. The average Bonchev–Trinajstić information content (AvgIpc) is 3.46. The quantitative estimate of drug-likeness (QED) is 0.544. The first-order valence-corrected chi connectivity index (χ1v) is 11.2. The summed E-state index contributed by atoms with van der Waals surface area (Å²) >= 11 is 1.38. The van der Waals surface area contributed by atoms with Gasteiger partial charge in [-0.3, -0.25) is 9.36 Å². The molecule has 1 heterocycles. The molecule has 2 aromatic rings. The molecule has 0 aliphatic heterocycles. The van der Waals surface area contributed by atoms with E-state index in [-0.39, 0.29) is 11.7 Å². The van der Waals surface area contributed by atoms with Crippen LogP contribution in [0.5, 0.6) is 0 Å². The Morgan fingerprint density at radius 3 is 2.79 bits per heavy atom. The number of halogens is 1. The highest BCUT2D eigenvalue weighted by atomic mass is 32.2. The summed E-state index contributed by atoms with van der Waals surface area (Å²) in [6.07, 6.45) is 6.69. The maximum Gasteiger partial charge on any atom is 0.230 e. The molecule has 1 atom stereocenters. The molecule has 0 radical (unpaired) electrons. The molecule has 0 spiro atoms. The Hall–Kier alpha value is -1.89. The second kappa shape index (κ2) is 10.0. The van der Waals surface area contributed by atoms with E-state index in [0.29, 0.717) is 34.3 Å². The molecule has 1 fully saturated rings. The number of nitrogens with zero attached hydrogens (tertiary/aromatic N) is 3. The van der Waals surface area contributed by atoms with Gasteiger partial charge in [-0.1, -0.05) is 57.0 Å². The van der Waals surface area contributed by atoms with Gasteiger partial charge in [0.2, 0.25) is 5.91 Å². The van der Waals surface area contributed by atoms with E-state index in [1.54, 1.807) is 18.2 Å². The Labute approximate surface area is 170 Å². The molecule has 0 bridgehead atoms. The van der Waals surface area contributed by atoms with Crippen molar-refractivity contribution in [1.29, 1.82) is 0 Å². The van der Waals surface area contributed by atoms with Crippen molar-refractivity contribution in [2.24, 2.45) is 5.92 Å². The Bertz CT molecular complexity index is 790. The van der Waals surface area contributed by atoms with Crippen LogP contribution in [-0.4, -0.2) is 33.0 Å². The number of carbonyl (C=O) groups excluding carboxylic acids is 1. The SMILES string of the molecule is CCCC[C@H](CC)CNC(=O)CSc1nnc(-c2ccccc2F)n1C1CC1. The van der Waals surface area contributed by atoms with Crippen molar-refractivity contribution in [2.45, 2.75) is 63.6 Å². The van der Waals surface area contributed by atoms with Crippen LogP contribution in [0.2, 0.25) is 0 Å². The minimum atomic E-state index is -0.302. The number of hydrogen-bond donors (Lipinski definition) is 1. The fourth-order valence-corrected chi connectivity index (χ4v) is 4.08. The molecule has 1 N–H and O–H groups in total. The van der Waals surface area contributed by atoms with Crippen LogP contribution < -0.4 is 5.32 Å². The number of rotatable bonds is 11. The minimum Gasteiger partial charge on any atom is -0.355 e. The fraction of sp³-hybridized carbons (Fsp3) is 0.571. The molecule has 1 saturated carbocycles. The zero-order valence-electron chi connectivity index (χ0n) is 16.7. The summed E-state index contributed by atoms with van der Waals surface area (Å²) in [7, 11) is 0. The van der Waals surface area contributed by atoms with E-state index in [1.165, 1.54) is 30.7 Å². The molecule has 28 heavy (non-hydrogen) atoms. The van der Waals surface area contributed by atoms with Crippen LogP contribution in [0.25, 0.3) is 11.4 Å². The number of amides is 1. The molecule has 0 unspecified atom stereocenters.